The Hall–Kier alpha value is -1.62. The molecular weight excluding hydrogens is 247 g/mol. The van der Waals surface area contributed by atoms with Gasteiger partial charge in [0.25, 0.3) is 0 Å². The Kier molecular flexibility index (Phi) is 5.76. The van der Waals surface area contributed by atoms with E-state index in [1.165, 1.54) is 6.07 Å². The van der Waals surface area contributed by atoms with Crippen LogP contribution in [0.3, 0.4) is 0 Å². The highest BCUT2D eigenvalue weighted by atomic mass is 19.1. The molecule has 1 aromatic rings. The van der Waals surface area contributed by atoms with Gasteiger partial charge < -0.3 is 15.7 Å². The summed E-state index contributed by atoms with van der Waals surface area (Å²) in [4.78, 5) is 11.8. The molecule has 0 radical (unpaired) electrons. The summed E-state index contributed by atoms with van der Waals surface area (Å²) in [5.41, 5.74) is 0.943. The van der Waals surface area contributed by atoms with Gasteiger partial charge in [-0.1, -0.05) is 19.9 Å². The largest absolute Gasteiger partial charge is 0.396 e. The van der Waals surface area contributed by atoms with E-state index in [2.05, 4.69) is 10.6 Å². The number of carbonyl (C=O) groups excluding carboxylic acids is 1. The van der Waals surface area contributed by atoms with Gasteiger partial charge in [-0.05, 0) is 37.0 Å². The highest BCUT2D eigenvalue weighted by Crippen LogP contribution is 2.13. The Bertz CT molecular complexity index is 435. The molecule has 0 spiro atoms. The van der Waals surface area contributed by atoms with E-state index in [0.29, 0.717) is 17.7 Å². The van der Waals surface area contributed by atoms with Gasteiger partial charge in [0.15, 0.2) is 0 Å². The number of hydrogen-bond donors (Lipinski definition) is 3. The van der Waals surface area contributed by atoms with Crippen LogP contribution >= 0.6 is 0 Å². The fourth-order valence-corrected chi connectivity index (χ4v) is 1.72. The molecule has 0 aliphatic heterocycles. The molecule has 1 aromatic carbocycles. The van der Waals surface area contributed by atoms with Crippen molar-refractivity contribution in [3.63, 3.8) is 0 Å². The van der Waals surface area contributed by atoms with Crippen molar-refractivity contribution in [1.29, 1.82) is 0 Å². The third-order valence-electron chi connectivity index (χ3n) is 2.99. The van der Waals surface area contributed by atoms with Crippen LogP contribution in [0.4, 0.5) is 14.9 Å². The van der Waals surface area contributed by atoms with E-state index in [1.807, 2.05) is 13.8 Å². The summed E-state index contributed by atoms with van der Waals surface area (Å²) < 4.78 is 13.3. The Morgan fingerprint density at radius 3 is 2.63 bits per heavy atom. The molecule has 0 saturated carbocycles. The molecule has 1 unspecified atom stereocenters. The highest BCUT2D eigenvalue weighted by molar-refractivity contribution is 5.89. The minimum atomic E-state index is -0.393. The van der Waals surface area contributed by atoms with Gasteiger partial charge >= 0.3 is 6.03 Å². The first-order chi connectivity index (χ1) is 8.93. The maximum atomic E-state index is 13.3. The predicted octanol–water partition coefficient (Wildman–Crippen LogP) is 2.66. The van der Waals surface area contributed by atoms with Crippen molar-refractivity contribution >= 4 is 11.7 Å². The number of carbonyl (C=O) groups is 1. The Morgan fingerprint density at radius 1 is 1.42 bits per heavy atom. The van der Waals surface area contributed by atoms with Crippen LogP contribution in [-0.4, -0.2) is 23.8 Å². The van der Waals surface area contributed by atoms with Crippen LogP contribution in [0.25, 0.3) is 0 Å². The van der Waals surface area contributed by atoms with Gasteiger partial charge in [0.05, 0.1) is 0 Å². The molecule has 0 bridgehead atoms. The molecule has 0 aromatic heterocycles. The topological polar surface area (TPSA) is 61.4 Å². The van der Waals surface area contributed by atoms with Crippen molar-refractivity contribution in [3.05, 3.63) is 29.6 Å². The number of anilines is 1. The summed E-state index contributed by atoms with van der Waals surface area (Å²) in [6.07, 6.45) is 0.493. The minimum absolute atomic E-state index is 0.0162. The monoisotopic (exact) mass is 268 g/mol. The lowest BCUT2D eigenvalue weighted by Gasteiger charge is -2.21. The summed E-state index contributed by atoms with van der Waals surface area (Å²) in [7, 11) is 0. The van der Waals surface area contributed by atoms with Crippen LogP contribution in [0, 0.1) is 18.7 Å². The molecule has 19 heavy (non-hydrogen) atoms. The molecule has 2 amide bonds. The number of aryl methyl sites for hydroxylation is 1. The predicted molar refractivity (Wildman–Crippen MR) is 73.6 cm³/mol. The zero-order chi connectivity index (χ0) is 14.4. The molecule has 0 saturated heterocycles. The maximum absolute atomic E-state index is 13.3. The third kappa shape index (κ3) is 4.87. The number of urea groups is 1. The first kappa shape index (κ1) is 15.4. The summed E-state index contributed by atoms with van der Waals surface area (Å²) in [6.45, 7) is 5.61. The molecule has 1 atom stereocenters. The quantitative estimate of drug-likeness (QED) is 0.769. The van der Waals surface area contributed by atoms with Crippen LogP contribution in [-0.2, 0) is 0 Å². The molecule has 0 aliphatic rings. The van der Waals surface area contributed by atoms with Crippen LogP contribution in [0.2, 0.25) is 0 Å². The van der Waals surface area contributed by atoms with E-state index in [0.717, 1.165) is 0 Å². The fraction of sp³-hybridized carbons (Fsp3) is 0.500. The van der Waals surface area contributed by atoms with E-state index in [4.69, 9.17) is 5.11 Å². The normalized spacial score (nSPS) is 12.3. The molecule has 5 heteroatoms. The second kappa shape index (κ2) is 7.09. The second-order valence-electron chi connectivity index (χ2n) is 4.93. The fourth-order valence-electron chi connectivity index (χ4n) is 1.72. The SMILES string of the molecule is Cc1ccc(NC(=O)NC(CCO)C(C)C)cc1F. The van der Waals surface area contributed by atoms with Crippen LogP contribution in [0.1, 0.15) is 25.8 Å². The van der Waals surface area contributed by atoms with E-state index < -0.39 is 6.03 Å². The van der Waals surface area contributed by atoms with E-state index >= 15 is 0 Å². The molecule has 0 aliphatic carbocycles. The van der Waals surface area contributed by atoms with Gasteiger partial charge in [-0.25, -0.2) is 9.18 Å². The summed E-state index contributed by atoms with van der Waals surface area (Å²) in [5.74, 6) is -0.138. The number of aliphatic hydroxyl groups excluding tert-OH is 1. The van der Waals surface area contributed by atoms with Crippen molar-refractivity contribution in [2.45, 2.75) is 33.2 Å². The Morgan fingerprint density at radius 2 is 2.11 bits per heavy atom. The zero-order valence-electron chi connectivity index (χ0n) is 11.5. The van der Waals surface area contributed by atoms with Crippen molar-refractivity contribution in [3.8, 4) is 0 Å². The van der Waals surface area contributed by atoms with Gasteiger partial charge in [0.1, 0.15) is 5.82 Å². The van der Waals surface area contributed by atoms with Crippen LogP contribution in [0.15, 0.2) is 18.2 Å². The van der Waals surface area contributed by atoms with E-state index in [-0.39, 0.29) is 24.4 Å². The van der Waals surface area contributed by atoms with Gasteiger partial charge in [-0.3, -0.25) is 0 Å². The lowest BCUT2D eigenvalue weighted by Crippen LogP contribution is -2.41. The van der Waals surface area contributed by atoms with Crippen molar-refractivity contribution in [1.82, 2.24) is 5.32 Å². The number of amides is 2. The zero-order valence-corrected chi connectivity index (χ0v) is 11.5. The molecule has 106 valence electrons. The highest BCUT2D eigenvalue weighted by Gasteiger charge is 2.15. The Labute approximate surface area is 113 Å². The lowest BCUT2D eigenvalue weighted by molar-refractivity contribution is 0.227. The van der Waals surface area contributed by atoms with Gasteiger partial charge in [0.2, 0.25) is 0 Å². The van der Waals surface area contributed by atoms with Gasteiger partial charge in [0, 0.05) is 18.3 Å². The maximum Gasteiger partial charge on any atom is 0.319 e. The molecule has 0 heterocycles. The molecule has 1 rings (SSSR count). The first-order valence-corrected chi connectivity index (χ1v) is 6.38. The van der Waals surface area contributed by atoms with E-state index in [9.17, 15) is 9.18 Å². The number of halogens is 1. The number of nitrogens with one attached hydrogen (secondary N) is 2. The van der Waals surface area contributed by atoms with Crippen molar-refractivity contribution in [2.75, 3.05) is 11.9 Å². The number of aliphatic hydroxyl groups is 1. The second-order valence-corrected chi connectivity index (χ2v) is 4.93. The third-order valence-corrected chi connectivity index (χ3v) is 2.99. The lowest BCUT2D eigenvalue weighted by atomic mass is 10.0. The molecule has 3 N–H and O–H groups in total. The summed E-state index contributed by atoms with van der Waals surface area (Å²) in [5, 5.41) is 14.3. The van der Waals surface area contributed by atoms with Crippen molar-refractivity contribution in [2.24, 2.45) is 5.92 Å². The van der Waals surface area contributed by atoms with Gasteiger partial charge in [-0.2, -0.15) is 0 Å². The minimum Gasteiger partial charge on any atom is -0.396 e. The van der Waals surface area contributed by atoms with Crippen LogP contribution in [0.5, 0.6) is 0 Å². The Balaban J connectivity index is 2.61. The number of hydrogen-bond acceptors (Lipinski definition) is 2. The smallest absolute Gasteiger partial charge is 0.319 e. The molecular formula is C14H21FN2O2. The standard InChI is InChI=1S/C14H21FN2O2/c1-9(2)13(6-7-18)17-14(19)16-11-5-4-10(3)12(15)8-11/h4-5,8-9,13,18H,6-7H2,1-3H3,(H2,16,17,19). The van der Waals surface area contributed by atoms with Crippen molar-refractivity contribution < 1.29 is 14.3 Å². The van der Waals surface area contributed by atoms with Crippen LogP contribution < -0.4 is 10.6 Å². The van der Waals surface area contributed by atoms with E-state index in [1.54, 1.807) is 19.1 Å². The molecule has 0 fully saturated rings. The summed E-state index contributed by atoms with van der Waals surface area (Å²) >= 11 is 0. The first-order valence-electron chi connectivity index (χ1n) is 6.38. The average molecular weight is 268 g/mol. The summed E-state index contributed by atoms with van der Waals surface area (Å²) in [6, 6.07) is 4.04. The van der Waals surface area contributed by atoms with Gasteiger partial charge in [-0.15, -0.1) is 0 Å². The average Bonchev–Trinajstić information content (AvgIpc) is 2.33. The number of benzene rings is 1. The molecule has 4 nitrogen and oxygen atoms in total. The number of rotatable bonds is 5.